The van der Waals surface area contributed by atoms with E-state index in [9.17, 15) is 4.79 Å². The number of benzene rings is 1. The van der Waals surface area contributed by atoms with Gasteiger partial charge in [0.05, 0.1) is 0 Å². The lowest BCUT2D eigenvalue weighted by molar-refractivity contribution is -0.133. The number of amides is 1. The Morgan fingerprint density at radius 3 is 2.54 bits per heavy atom. The fourth-order valence-electron chi connectivity index (χ4n) is 4.25. The van der Waals surface area contributed by atoms with Gasteiger partial charge in [0.2, 0.25) is 5.91 Å². The molecule has 3 aliphatic rings. The number of piperidine rings is 1. The van der Waals surface area contributed by atoms with Crippen LogP contribution in [0.25, 0.3) is 0 Å². The van der Waals surface area contributed by atoms with Crippen molar-refractivity contribution < 1.29 is 4.79 Å². The predicted molar refractivity (Wildman–Crippen MR) is 100 cm³/mol. The molecule has 2 saturated heterocycles. The van der Waals surface area contributed by atoms with Crippen LogP contribution in [-0.2, 0) is 4.79 Å². The highest BCUT2D eigenvalue weighted by atomic mass is 35.5. The van der Waals surface area contributed by atoms with Crippen LogP contribution in [0, 0.1) is 11.3 Å². The average molecular weight is 370 g/mol. The Morgan fingerprint density at radius 2 is 1.88 bits per heavy atom. The minimum absolute atomic E-state index is 0. The maximum Gasteiger partial charge on any atom is 0.226 e. The summed E-state index contributed by atoms with van der Waals surface area (Å²) in [6, 6.07) is 7.98. The van der Waals surface area contributed by atoms with Crippen LogP contribution in [0.1, 0.15) is 19.3 Å². The van der Waals surface area contributed by atoms with Gasteiger partial charge in [0, 0.05) is 42.8 Å². The van der Waals surface area contributed by atoms with Crippen LogP contribution in [0.15, 0.2) is 24.3 Å². The van der Waals surface area contributed by atoms with E-state index in [4.69, 9.17) is 11.6 Å². The molecular formula is C18H25Cl2N3O. The maximum atomic E-state index is 12.8. The second-order valence-electron chi connectivity index (χ2n) is 7.16. The van der Waals surface area contributed by atoms with Crippen molar-refractivity contribution >= 4 is 35.6 Å². The highest BCUT2D eigenvalue weighted by Gasteiger charge is 2.58. The summed E-state index contributed by atoms with van der Waals surface area (Å²) in [7, 11) is 0. The number of piperazine rings is 1. The van der Waals surface area contributed by atoms with Gasteiger partial charge in [-0.1, -0.05) is 17.7 Å². The van der Waals surface area contributed by atoms with Gasteiger partial charge >= 0.3 is 0 Å². The standard InChI is InChI=1S/C18H24ClN3O.ClH/c19-14-2-1-3-15(12-14)21-8-10-22(11-9-21)17(23)16-13-18(16)4-6-20-7-5-18;/h1-3,12,16,20H,4-11,13H2;1H. The quantitative estimate of drug-likeness (QED) is 0.870. The molecule has 1 unspecified atom stereocenters. The van der Waals surface area contributed by atoms with Gasteiger partial charge in [-0.25, -0.2) is 0 Å². The first-order valence-corrected chi connectivity index (χ1v) is 9.06. The lowest BCUT2D eigenvalue weighted by Crippen LogP contribution is -2.49. The van der Waals surface area contributed by atoms with E-state index in [2.05, 4.69) is 21.2 Å². The molecule has 4 rings (SSSR count). The topological polar surface area (TPSA) is 35.6 Å². The number of nitrogens with one attached hydrogen (secondary N) is 1. The number of nitrogens with zero attached hydrogens (tertiary/aromatic N) is 2. The zero-order valence-electron chi connectivity index (χ0n) is 13.8. The second kappa shape index (κ2) is 7.11. The highest BCUT2D eigenvalue weighted by Crippen LogP contribution is 2.59. The molecule has 1 atom stereocenters. The molecule has 0 radical (unpaired) electrons. The van der Waals surface area contributed by atoms with E-state index >= 15 is 0 Å². The molecule has 2 aliphatic heterocycles. The Hall–Kier alpha value is -0.970. The third-order valence-corrected chi connectivity index (χ3v) is 6.09. The normalized spacial score (nSPS) is 25.3. The molecule has 1 saturated carbocycles. The molecule has 2 heterocycles. The van der Waals surface area contributed by atoms with Crippen molar-refractivity contribution in [3.05, 3.63) is 29.3 Å². The minimum Gasteiger partial charge on any atom is -0.368 e. The molecule has 1 N–H and O–H groups in total. The van der Waals surface area contributed by atoms with Gasteiger partial charge < -0.3 is 15.1 Å². The van der Waals surface area contributed by atoms with Crippen molar-refractivity contribution in [3.63, 3.8) is 0 Å². The summed E-state index contributed by atoms with van der Waals surface area (Å²) in [5.41, 5.74) is 1.50. The summed E-state index contributed by atoms with van der Waals surface area (Å²) in [4.78, 5) is 17.2. The van der Waals surface area contributed by atoms with Gasteiger partial charge in [-0.3, -0.25) is 4.79 Å². The largest absolute Gasteiger partial charge is 0.368 e. The first-order chi connectivity index (χ1) is 11.2. The van der Waals surface area contributed by atoms with Gasteiger partial charge in [-0.2, -0.15) is 0 Å². The lowest BCUT2D eigenvalue weighted by Gasteiger charge is -2.37. The fraction of sp³-hybridized carbons (Fsp3) is 0.611. The van der Waals surface area contributed by atoms with Crippen LogP contribution in [0.2, 0.25) is 5.02 Å². The van der Waals surface area contributed by atoms with Gasteiger partial charge in [0.25, 0.3) is 0 Å². The molecule has 1 spiro atoms. The number of hydrogen-bond donors (Lipinski definition) is 1. The predicted octanol–water partition coefficient (Wildman–Crippen LogP) is 2.80. The van der Waals surface area contributed by atoms with E-state index in [-0.39, 0.29) is 12.4 Å². The van der Waals surface area contributed by atoms with E-state index in [1.807, 2.05) is 18.2 Å². The summed E-state index contributed by atoms with van der Waals surface area (Å²) >= 11 is 6.08. The van der Waals surface area contributed by atoms with Crippen LogP contribution < -0.4 is 10.2 Å². The maximum absolute atomic E-state index is 12.8. The van der Waals surface area contributed by atoms with Crippen molar-refractivity contribution in [2.75, 3.05) is 44.2 Å². The molecule has 24 heavy (non-hydrogen) atoms. The molecule has 1 aliphatic carbocycles. The first kappa shape index (κ1) is 17.8. The van der Waals surface area contributed by atoms with Crippen LogP contribution in [0.4, 0.5) is 5.69 Å². The summed E-state index contributed by atoms with van der Waals surface area (Å²) in [5, 5.41) is 4.18. The molecule has 132 valence electrons. The second-order valence-corrected chi connectivity index (χ2v) is 7.60. The SMILES string of the molecule is Cl.O=C(C1CC12CCNCC2)N1CCN(c2cccc(Cl)c2)CC1. The third-order valence-electron chi connectivity index (χ3n) is 5.85. The van der Waals surface area contributed by atoms with Crippen LogP contribution in [0.3, 0.4) is 0 Å². The molecule has 1 aromatic rings. The van der Waals surface area contributed by atoms with Gasteiger partial charge in [-0.15, -0.1) is 12.4 Å². The summed E-state index contributed by atoms with van der Waals surface area (Å²) < 4.78 is 0. The number of rotatable bonds is 2. The molecule has 0 bridgehead atoms. The highest BCUT2D eigenvalue weighted by molar-refractivity contribution is 6.30. The summed E-state index contributed by atoms with van der Waals surface area (Å²) in [5.74, 6) is 0.694. The molecular weight excluding hydrogens is 345 g/mol. The monoisotopic (exact) mass is 369 g/mol. The Bertz CT molecular complexity index is 596. The molecule has 1 aromatic carbocycles. The average Bonchev–Trinajstić information content (AvgIpc) is 3.28. The summed E-state index contributed by atoms with van der Waals surface area (Å²) in [6.07, 6.45) is 3.46. The molecule has 3 fully saturated rings. The third kappa shape index (κ3) is 3.37. The minimum atomic E-state index is 0. The van der Waals surface area contributed by atoms with Crippen LogP contribution in [-0.4, -0.2) is 50.1 Å². The van der Waals surface area contributed by atoms with Crippen molar-refractivity contribution in [1.82, 2.24) is 10.2 Å². The fourth-order valence-corrected chi connectivity index (χ4v) is 4.44. The lowest BCUT2D eigenvalue weighted by atomic mass is 9.91. The Kier molecular flexibility index (Phi) is 5.28. The zero-order valence-corrected chi connectivity index (χ0v) is 15.4. The van der Waals surface area contributed by atoms with E-state index in [1.54, 1.807) is 0 Å². The number of hydrogen-bond acceptors (Lipinski definition) is 3. The Balaban J connectivity index is 0.00000169. The molecule has 6 heteroatoms. The van der Waals surface area contributed by atoms with E-state index in [0.717, 1.165) is 56.4 Å². The summed E-state index contributed by atoms with van der Waals surface area (Å²) in [6.45, 7) is 5.60. The van der Waals surface area contributed by atoms with E-state index < -0.39 is 0 Å². The van der Waals surface area contributed by atoms with E-state index in [1.165, 1.54) is 12.8 Å². The Morgan fingerprint density at radius 1 is 1.17 bits per heavy atom. The first-order valence-electron chi connectivity index (χ1n) is 8.68. The van der Waals surface area contributed by atoms with Crippen molar-refractivity contribution in [1.29, 1.82) is 0 Å². The van der Waals surface area contributed by atoms with Crippen LogP contribution in [0.5, 0.6) is 0 Å². The van der Waals surface area contributed by atoms with Gasteiger partial charge in [0.15, 0.2) is 0 Å². The molecule has 4 nitrogen and oxygen atoms in total. The smallest absolute Gasteiger partial charge is 0.226 e. The van der Waals surface area contributed by atoms with Crippen LogP contribution >= 0.6 is 24.0 Å². The zero-order chi connectivity index (χ0) is 15.9. The molecule has 0 aromatic heterocycles. The molecule has 1 amide bonds. The van der Waals surface area contributed by atoms with Crippen molar-refractivity contribution in [3.8, 4) is 0 Å². The van der Waals surface area contributed by atoms with Gasteiger partial charge in [0.1, 0.15) is 0 Å². The number of carbonyl (C=O) groups excluding carboxylic acids is 1. The van der Waals surface area contributed by atoms with E-state index in [0.29, 0.717) is 17.2 Å². The van der Waals surface area contributed by atoms with Crippen molar-refractivity contribution in [2.45, 2.75) is 19.3 Å². The number of halogens is 2. The number of carbonyl (C=O) groups is 1. The van der Waals surface area contributed by atoms with Crippen molar-refractivity contribution in [2.24, 2.45) is 11.3 Å². The Labute approximate surface area is 154 Å². The number of anilines is 1. The van der Waals surface area contributed by atoms with Gasteiger partial charge in [-0.05, 0) is 56.0 Å².